The Morgan fingerprint density at radius 1 is 1.04 bits per heavy atom. The molecule has 2 aromatic carbocycles. The average molecular weight is 351 g/mol. The van der Waals surface area contributed by atoms with Gasteiger partial charge in [0, 0.05) is 16.9 Å². The monoisotopic (exact) mass is 351 g/mol. The van der Waals surface area contributed by atoms with Crippen molar-refractivity contribution in [2.75, 3.05) is 17.7 Å². The third-order valence-corrected chi connectivity index (χ3v) is 3.03. The zero-order valence-electron chi connectivity index (χ0n) is 13.1. The van der Waals surface area contributed by atoms with E-state index in [-0.39, 0.29) is 17.1 Å². The second kappa shape index (κ2) is 7.95. The number of carbonyl (C=O) groups excluding carboxylic acids is 2. The summed E-state index contributed by atoms with van der Waals surface area (Å²) < 4.78 is 34.1. The van der Waals surface area contributed by atoms with Gasteiger partial charge >= 0.3 is 12.6 Å². The van der Waals surface area contributed by atoms with Crippen molar-refractivity contribution < 1.29 is 27.8 Å². The summed E-state index contributed by atoms with van der Waals surface area (Å²) in [5, 5.41) is 4.95. The number of urea groups is 1. The smallest absolute Gasteiger partial charge is 0.387 e. The summed E-state index contributed by atoms with van der Waals surface area (Å²) >= 11 is 0. The molecule has 0 unspecified atom stereocenters. The minimum Gasteiger partial charge on any atom is -0.493 e. The molecule has 2 rings (SSSR count). The highest BCUT2D eigenvalue weighted by Gasteiger charge is 2.15. The number of ether oxygens (including phenoxy) is 2. The number of amides is 3. The van der Waals surface area contributed by atoms with Crippen LogP contribution in [-0.4, -0.2) is 25.7 Å². The van der Waals surface area contributed by atoms with Crippen LogP contribution in [0.25, 0.3) is 0 Å². The molecule has 0 aliphatic heterocycles. The van der Waals surface area contributed by atoms with E-state index in [1.165, 1.54) is 25.3 Å². The quantitative estimate of drug-likeness (QED) is 0.744. The summed E-state index contributed by atoms with van der Waals surface area (Å²) in [6.45, 7) is -3.05. The Hall–Kier alpha value is -3.36. The number of halogens is 2. The summed E-state index contributed by atoms with van der Waals surface area (Å²) in [6, 6.07) is 9.41. The molecule has 0 heterocycles. The SMILES string of the molecule is COc1ccc(C(=O)Nc2cccc(NC(N)=O)c2)cc1OC(F)F. The maximum Gasteiger partial charge on any atom is 0.387 e. The largest absolute Gasteiger partial charge is 0.493 e. The van der Waals surface area contributed by atoms with E-state index >= 15 is 0 Å². The van der Waals surface area contributed by atoms with E-state index in [1.54, 1.807) is 18.2 Å². The Morgan fingerprint density at radius 2 is 1.72 bits per heavy atom. The van der Waals surface area contributed by atoms with E-state index in [9.17, 15) is 18.4 Å². The predicted molar refractivity (Wildman–Crippen MR) is 87.2 cm³/mol. The van der Waals surface area contributed by atoms with E-state index in [0.717, 1.165) is 6.07 Å². The highest BCUT2D eigenvalue weighted by molar-refractivity contribution is 6.05. The maximum atomic E-state index is 12.4. The lowest BCUT2D eigenvalue weighted by atomic mass is 10.1. The van der Waals surface area contributed by atoms with Crippen LogP contribution >= 0.6 is 0 Å². The molecular weight excluding hydrogens is 336 g/mol. The highest BCUT2D eigenvalue weighted by atomic mass is 19.3. The molecule has 9 heteroatoms. The number of carbonyl (C=O) groups is 2. The van der Waals surface area contributed by atoms with Gasteiger partial charge in [0.25, 0.3) is 5.91 Å². The van der Waals surface area contributed by atoms with E-state index in [2.05, 4.69) is 15.4 Å². The number of nitrogens with two attached hydrogens (primary N) is 1. The second-order valence-electron chi connectivity index (χ2n) is 4.77. The molecule has 25 heavy (non-hydrogen) atoms. The lowest BCUT2D eigenvalue weighted by Gasteiger charge is -2.12. The van der Waals surface area contributed by atoms with Crippen molar-refractivity contribution in [1.29, 1.82) is 0 Å². The number of hydrogen-bond acceptors (Lipinski definition) is 4. The third-order valence-electron chi connectivity index (χ3n) is 3.03. The van der Waals surface area contributed by atoms with Gasteiger partial charge in [0.05, 0.1) is 7.11 Å². The summed E-state index contributed by atoms with van der Waals surface area (Å²) in [6.07, 6.45) is 0. The van der Waals surface area contributed by atoms with Crippen LogP contribution in [0.2, 0.25) is 0 Å². The van der Waals surface area contributed by atoms with Gasteiger partial charge < -0.3 is 25.8 Å². The van der Waals surface area contributed by atoms with Gasteiger partial charge in [-0.05, 0) is 36.4 Å². The van der Waals surface area contributed by atoms with Gasteiger partial charge in [-0.25, -0.2) is 4.79 Å². The number of methoxy groups -OCH3 is 1. The Bertz CT molecular complexity index is 784. The zero-order valence-corrected chi connectivity index (χ0v) is 13.1. The fourth-order valence-corrected chi connectivity index (χ4v) is 2.03. The molecule has 0 fully saturated rings. The lowest BCUT2D eigenvalue weighted by Crippen LogP contribution is -2.19. The molecule has 7 nitrogen and oxygen atoms in total. The molecule has 4 N–H and O–H groups in total. The van der Waals surface area contributed by atoms with Crippen molar-refractivity contribution in [3.63, 3.8) is 0 Å². The van der Waals surface area contributed by atoms with Crippen molar-refractivity contribution in [3.05, 3.63) is 48.0 Å². The van der Waals surface area contributed by atoms with Gasteiger partial charge in [0.2, 0.25) is 0 Å². The number of benzene rings is 2. The average Bonchev–Trinajstić information content (AvgIpc) is 2.54. The van der Waals surface area contributed by atoms with Crippen molar-refractivity contribution in [2.45, 2.75) is 6.61 Å². The topological polar surface area (TPSA) is 103 Å². The van der Waals surface area contributed by atoms with Crippen LogP contribution in [0.5, 0.6) is 11.5 Å². The van der Waals surface area contributed by atoms with Crippen LogP contribution < -0.4 is 25.8 Å². The Labute approximate surface area is 141 Å². The van der Waals surface area contributed by atoms with Gasteiger partial charge in [0.1, 0.15) is 0 Å². The zero-order chi connectivity index (χ0) is 18.4. The number of nitrogens with one attached hydrogen (secondary N) is 2. The number of hydrogen-bond donors (Lipinski definition) is 3. The molecule has 0 aliphatic carbocycles. The molecule has 2 aromatic rings. The second-order valence-corrected chi connectivity index (χ2v) is 4.77. The van der Waals surface area contributed by atoms with Gasteiger partial charge in [0.15, 0.2) is 11.5 Å². The first-order chi connectivity index (χ1) is 11.9. The Morgan fingerprint density at radius 3 is 2.32 bits per heavy atom. The van der Waals surface area contributed by atoms with Crippen molar-refractivity contribution in [1.82, 2.24) is 0 Å². The van der Waals surface area contributed by atoms with Gasteiger partial charge in [-0.3, -0.25) is 4.79 Å². The molecule has 0 atom stereocenters. The maximum absolute atomic E-state index is 12.4. The van der Waals surface area contributed by atoms with Crippen LogP contribution in [0.4, 0.5) is 25.0 Å². The minimum absolute atomic E-state index is 0.0736. The molecule has 0 saturated heterocycles. The molecule has 0 saturated carbocycles. The first kappa shape index (κ1) is 18.0. The van der Waals surface area contributed by atoms with E-state index < -0.39 is 18.5 Å². The fourth-order valence-electron chi connectivity index (χ4n) is 2.03. The molecule has 0 bridgehead atoms. The number of alkyl halides is 2. The summed E-state index contributed by atoms with van der Waals surface area (Å²) in [5.41, 5.74) is 5.88. The van der Waals surface area contributed by atoms with Crippen LogP contribution in [0.1, 0.15) is 10.4 Å². The van der Waals surface area contributed by atoms with Crippen LogP contribution in [-0.2, 0) is 0 Å². The fraction of sp³-hybridized carbons (Fsp3) is 0.125. The van der Waals surface area contributed by atoms with Gasteiger partial charge in [-0.2, -0.15) is 8.78 Å². The van der Waals surface area contributed by atoms with E-state index in [0.29, 0.717) is 11.4 Å². The van der Waals surface area contributed by atoms with Crippen molar-refractivity contribution in [2.24, 2.45) is 5.73 Å². The molecular formula is C16H15F2N3O4. The molecule has 0 aromatic heterocycles. The van der Waals surface area contributed by atoms with Gasteiger partial charge in [-0.15, -0.1) is 0 Å². The van der Waals surface area contributed by atoms with Crippen molar-refractivity contribution >= 4 is 23.3 Å². The van der Waals surface area contributed by atoms with E-state index in [4.69, 9.17) is 10.5 Å². The summed E-state index contributed by atoms with van der Waals surface area (Å²) in [5.74, 6) is -0.739. The molecule has 3 amide bonds. The minimum atomic E-state index is -3.05. The number of primary amides is 1. The number of anilines is 2. The molecule has 132 valence electrons. The number of rotatable bonds is 6. The van der Waals surface area contributed by atoms with Crippen LogP contribution in [0.15, 0.2) is 42.5 Å². The first-order valence-electron chi connectivity index (χ1n) is 6.99. The third kappa shape index (κ3) is 5.06. The standard InChI is InChI=1S/C16H15F2N3O4/c1-24-12-6-5-9(7-13(12)25-15(17)18)14(22)20-10-3-2-4-11(8-10)21-16(19)23/h2-8,15H,1H3,(H,20,22)(H3,19,21,23). The normalized spacial score (nSPS) is 10.2. The Balaban J connectivity index is 2.19. The van der Waals surface area contributed by atoms with E-state index in [1.807, 2.05) is 0 Å². The Kier molecular flexibility index (Phi) is 5.72. The van der Waals surface area contributed by atoms with Crippen LogP contribution in [0, 0.1) is 0 Å². The van der Waals surface area contributed by atoms with Crippen LogP contribution in [0.3, 0.4) is 0 Å². The molecule has 0 spiro atoms. The lowest BCUT2D eigenvalue weighted by molar-refractivity contribution is -0.0512. The predicted octanol–water partition coefficient (Wildman–Crippen LogP) is 3.04. The van der Waals surface area contributed by atoms with Crippen molar-refractivity contribution in [3.8, 4) is 11.5 Å². The molecule has 0 radical (unpaired) electrons. The van der Waals surface area contributed by atoms with Gasteiger partial charge in [-0.1, -0.05) is 6.07 Å². The first-order valence-corrected chi connectivity index (χ1v) is 6.99. The summed E-state index contributed by atoms with van der Waals surface area (Å²) in [7, 11) is 1.30. The molecule has 0 aliphatic rings. The summed E-state index contributed by atoms with van der Waals surface area (Å²) in [4.78, 5) is 23.1. The highest BCUT2D eigenvalue weighted by Crippen LogP contribution is 2.30.